The van der Waals surface area contributed by atoms with Gasteiger partial charge in [0.1, 0.15) is 5.82 Å². The molecular weight excluding hydrogens is 359 g/mol. The summed E-state index contributed by atoms with van der Waals surface area (Å²) in [6.45, 7) is 4.95. The number of anilines is 3. The van der Waals surface area contributed by atoms with E-state index < -0.39 is 0 Å². The average Bonchev–Trinajstić information content (AvgIpc) is 2.56. The van der Waals surface area contributed by atoms with Crippen molar-refractivity contribution in [2.45, 2.75) is 6.54 Å². The first kappa shape index (κ1) is 21.3. The first-order valence-electron chi connectivity index (χ1n) is 7.94. The molecule has 2 heterocycles. The molecule has 2 N–H and O–H groups in total. The van der Waals surface area contributed by atoms with E-state index in [1.165, 1.54) is 5.56 Å². The van der Waals surface area contributed by atoms with E-state index in [-0.39, 0.29) is 24.8 Å². The van der Waals surface area contributed by atoms with Crippen molar-refractivity contribution in [2.75, 3.05) is 55.8 Å². The van der Waals surface area contributed by atoms with Gasteiger partial charge in [-0.1, -0.05) is 12.1 Å². The Morgan fingerprint density at radius 2 is 1.80 bits per heavy atom. The molecule has 1 fully saturated rings. The average molecular weight is 385 g/mol. The van der Waals surface area contributed by atoms with Gasteiger partial charge in [-0.2, -0.15) is 4.98 Å². The highest BCUT2D eigenvalue weighted by atomic mass is 35.5. The first-order valence-corrected chi connectivity index (χ1v) is 7.94. The fourth-order valence-corrected chi connectivity index (χ4v) is 2.82. The van der Waals surface area contributed by atoms with Gasteiger partial charge < -0.3 is 15.5 Å². The number of nitrogens with two attached hydrogens (primary N) is 1. The van der Waals surface area contributed by atoms with E-state index in [9.17, 15) is 0 Å². The summed E-state index contributed by atoms with van der Waals surface area (Å²) in [7, 11) is 3.92. The molecule has 1 aliphatic rings. The van der Waals surface area contributed by atoms with E-state index in [4.69, 9.17) is 5.73 Å². The molecule has 0 bridgehead atoms. The molecule has 0 amide bonds. The van der Waals surface area contributed by atoms with Crippen LogP contribution in [0.5, 0.6) is 0 Å². The maximum atomic E-state index is 5.86. The van der Waals surface area contributed by atoms with Crippen LogP contribution >= 0.6 is 24.8 Å². The molecular formula is C17H26Cl2N6. The fraction of sp³-hybridized carbons (Fsp3) is 0.412. The van der Waals surface area contributed by atoms with E-state index in [1.807, 2.05) is 43.4 Å². The third kappa shape index (κ3) is 5.63. The monoisotopic (exact) mass is 384 g/mol. The smallest absolute Gasteiger partial charge is 0.226 e. The number of halogens is 2. The third-order valence-corrected chi connectivity index (χ3v) is 4.08. The van der Waals surface area contributed by atoms with Crippen LogP contribution in [0.1, 0.15) is 5.56 Å². The van der Waals surface area contributed by atoms with Crippen LogP contribution in [-0.4, -0.2) is 55.1 Å². The minimum Gasteiger partial charge on any atom is -0.399 e. The Labute approximate surface area is 161 Å². The summed E-state index contributed by atoms with van der Waals surface area (Å²) in [4.78, 5) is 15.6. The minimum atomic E-state index is 0. The van der Waals surface area contributed by atoms with Crippen LogP contribution in [0.2, 0.25) is 0 Å². The molecule has 138 valence electrons. The Morgan fingerprint density at radius 1 is 1.08 bits per heavy atom. The summed E-state index contributed by atoms with van der Waals surface area (Å²) in [5, 5.41) is 0. The van der Waals surface area contributed by atoms with Gasteiger partial charge in [-0.15, -0.1) is 24.8 Å². The van der Waals surface area contributed by atoms with Gasteiger partial charge >= 0.3 is 0 Å². The minimum absolute atomic E-state index is 0. The highest BCUT2D eigenvalue weighted by Crippen LogP contribution is 2.17. The lowest BCUT2D eigenvalue weighted by Crippen LogP contribution is -2.46. The van der Waals surface area contributed by atoms with Gasteiger partial charge in [0, 0.05) is 58.7 Å². The molecule has 25 heavy (non-hydrogen) atoms. The second-order valence-electron chi connectivity index (χ2n) is 6.12. The Bertz CT molecular complexity index is 659. The van der Waals surface area contributed by atoms with Crippen LogP contribution in [-0.2, 0) is 6.54 Å². The molecule has 1 aliphatic heterocycles. The van der Waals surface area contributed by atoms with E-state index in [2.05, 4.69) is 31.9 Å². The Hall–Kier alpha value is -1.76. The van der Waals surface area contributed by atoms with E-state index >= 15 is 0 Å². The van der Waals surface area contributed by atoms with Crippen molar-refractivity contribution in [3.8, 4) is 0 Å². The lowest BCUT2D eigenvalue weighted by atomic mass is 10.2. The predicted molar refractivity (Wildman–Crippen MR) is 109 cm³/mol. The maximum absolute atomic E-state index is 5.86. The predicted octanol–water partition coefficient (Wildman–Crippen LogP) is 2.29. The van der Waals surface area contributed by atoms with Crippen LogP contribution in [0.4, 0.5) is 17.5 Å². The van der Waals surface area contributed by atoms with Crippen LogP contribution < -0.4 is 15.5 Å². The van der Waals surface area contributed by atoms with Gasteiger partial charge in [-0.05, 0) is 23.8 Å². The lowest BCUT2D eigenvalue weighted by molar-refractivity contribution is 0.249. The normalized spacial score (nSPS) is 14.4. The van der Waals surface area contributed by atoms with Gasteiger partial charge in [0.15, 0.2) is 0 Å². The van der Waals surface area contributed by atoms with Gasteiger partial charge in [-0.25, -0.2) is 4.98 Å². The van der Waals surface area contributed by atoms with Gasteiger partial charge in [0.05, 0.1) is 0 Å². The summed E-state index contributed by atoms with van der Waals surface area (Å²) in [6, 6.07) is 10.1. The van der Waals surface area contributed by atoms with Crippen molar-refractivity contribution in [3.63, 3.8) is 0 Å². The largest absolute Gasteiger partial charge is 0.399 e. The van der Waals surface area contributed by atoms with Gasteiger partial charge in [-0.3, -0.25) is 4.90 Å². The second kappa shape index (κ2) is 9.65. The second-order valence-corrected chi connectivity index (χ2v) is 6.12. The topological polar surface area (TPSA) is 61.5 Å². The molecule has 0 aliphatic carbocycles. The highest BCUT2D eigenvalue weighted by Gasteiger charge is 2.18. The van der Waals surface area contributed by atoms with E-state index in [1.54, 1.807) is 0 Å². The van der Waals surface area contributed by atoms with Crippen LogP contribution in [0.15, 0.2) is 36.5 Å². The van der Waals surface area contributed by atoms with Crippen LogP contribution in [0.25, 0.3) is 0 Å². The highest BCUT2D eigenvalue weighted by molar-refractivity contribution is 5.85. The number of aromatic nitrogens is 2. The number of nitrogens with zero attached hydrogens (tertiary/aromatic N) is 5. The van der Waals surface area contributed by atoms with Crippen molar-refractivity contribution in [3.05, 3.63) is 42.1 Å². The molecule has 0 atom stereocenters. The van der Waals surface area contributed by atoms with Crippen LogP contribution in [0, 0.1) is 0 Å². The molecule has 0 spiro atoms. The summed E-state index contributed by atoms with van der Waals surface area (Å²) < 4.78 is 0. The third-order valence-electron chi connectivity index (χ3n) is 4.08. The van der Waals surface area contributed by atoms with Gasteiger partial charge in [0.2, 0.25) is 5.95 Å². The Balaban J connectivity index is 0.00000156. The lowest BCUT2D eigenvalue weighted by Gasteiger charge is -2.35. The molecule has 6 nitrogen and oxygen atoms in total. The standard InChI is InChI=1S/C17H24N6.2ClH/c1-21(2)17-19-7-6-16(20-17)23-10-8-22(9-11-23)13-14-4-3-5-15(18)12-14;;/h3-7,12H,8-11,13,18H2,1-2H3;2*1H. The van der Waals surface area contributed by atoms with Crippen molar-refractivity contribution in [1.82, 2.24) is 14.9 Å². The van der Waals surface area contributed by atoms with Crippen LogP contribution in [0.3, 0.4) is 0 Å². The number of hydrogen-bond acceptors (Lipinski definition) is 6. The molecule has 0 saturated carbocycles. The molecule has 0 radical (unpaired) electrons. The quantitative estimate of drug-likeness (QED) is 0.815. The molecule has 1 aromatic heterocycles. The zero-order valence-corrected chi connectivity index (χ0v) is 16.3. The molecule has 8 heteroatoms. The molecule has 3 rings (SSSR count). The van der Waals surface area contributed by atoms with Crippen molar-refractivity contribution in [2.24, 2.45) is 0 Å². The first-order chi connectivity index (χ1) is 11.1. The SMILES string of the molecule is CN(C)c1nccc(N2CCN(Cc3cccc(N)c3)CC2)n1.Cl.Cl. The number of benzene rings is 1. The number of nitrogen functional groups attached to an aromatic ring is 1. The molecule has 1 aromatic carbocycles. The zero-order valence-electron chi connectivity index (χ0n) is 14.6. The summed E-state index contributed by atoms with van der Waals surface area (Å²) >= 11 is 0. The summed E-state index contributed by atoms with van der Waals surface area (Å²) in [6.07, 6.45) is 1.83. The Kier molecular flexibility index (Phi) is 8.22. The number of rotatable bonds is 4. The van der Waals surface area contributed by atoms with Crippen molar-refractivity contribution in [1.29, 1.82) is 0 Å². The van der Waals surface area contributed by atoms with E-state index in [0.717, 1.165) is 50.2 Å². The van der Waals surface area contributed by atoms with Crippen molar-refractivity contribution < 1.29 is 0 Å². The Morgan fingerprint density at radius 3 is 2.44 bits per heavy atom. The maximum Gasteiger partial charge on any atom is 0.226 e. The summed E-state index contributed by atoms with van der Waals surface area (Å²) in [5.74, 6) is 1.76. The number of hydrogen-bond donors (Lipinski definition) is 1. The molecule has 1 saturated heterocycles. The molecule has 2 aromatic rings. The fourth-order valence-electron chi connectivity index (χ4n) is 2.82. The summed E-state index contributed by atoms with van der Waals surface area (Å²) in [5.41, 5.74) is 7.96. The van der Waals surface area contributed by atoms with Crippen molar-refractivity contribution >= 4 is 42.3 Å². The zero-order chi connectivity index (χ0) is 16.2. The van der Waals surface area contributed by atoms with E-state index in [0.29, 0.717) is 0 Å². The van der Waals surface area contributed by atoms with Gasteiger partial charge in [0.25, 0.3) is 0 Å². The number of piperazine rings is 1. The molecule has 0 unspecified atom stereocenters.